The van der Waals surface area contributed by atoms with Crippen molar-refractivity contribution in [2.24, 2.45) is 29.6 Å². The predicted molar refractivity (Wildman–Crippen MR) is 132 cm³/mol. The van der Waals surface area contributed by atoms with E-state index in [4.69, 9.17) is 4.74 Å². The largest absolute Gasteiger partial charge is 0.508 e. The third-order valence-electron chi connectivity index (χ3n) is 8.31. The van der Waals surface area contributed by atoms with E-state index in [0.717, 1.165) is 21.9 Å². The van der Waals surface area contributed by atoms with E-state index in [2.05, 4.69) is 4.98 Å². The molecule has 0 radical (unpaired) electrons. The number of amides is 2. The van der Waals surface area contributed by atoms with E-state index in [1.165, 1.54) is 16.2 Å². The molecule has 2 aromatic carbocycles. The standard InChI is InChI=1S/C26H22N2O5S2/c1-33-14-8-4-12(5-9-14)28-24(30)19-15-10-16(20(19)25(28)31)21-18(15)17(11-2-6-13(29)7-3-11)22-23(34-21)27-26(32)35-22/h2-9,15-21,29H,10H2,1H3,(H,27,32)/t15-,16-,17-,18-,19+,20-,21+/m1/s1. The number of aromatic amines is 1. The SMILES string of the molecule is COc1ccc(N2C(=O)[C@@H]3[C@H]4C[C@@H]([C@@H]3C2=O)[C@@H]2[C@@H](c3ccc(O)cc3)c3sc(=O)[nH]c3S[C@@H]42)cc1. The molecule has 1 saturated heterocycles. The van der Waals surface area contributed by atoms with Crippen molar-refractivity contribution in [3.8, 4) is 11.5 Å². The van der Waals surface area contributed by atoms with Crippen molar-refractivity contribution >= 4 is 40.6 Å². The van der Waals surface area contributed by atoms with E-state index in [9.17, 15) is 19.5 Å². The van der Waals surface area contributed by atoms with Crippen molar-refractivity contribution in [2.45, 2.75) is 22.6 Å². The number of aromatic hydroxyl groups is 1. The lowest BCUT2D eigenvalue weighted by Gasteiger charge is -2.43. The molecule has 3 fully saturated rings. The Morgan fingerprint density at radius 1 is 0.971 bits per heavy atom. The van der Waals surface area contributed by atoms with Gasteiger partial charge in [-0.3, -0.25) is 19.3 Å². The molecule has 1 aromatic heterocycles. The minimum absolute atomic E-state index is 0.0466. The molecule has 3 aromatic rings. The minimum atomic E-state index is -0.340. The average Bonchev–Trinajstić information content (AvgIpc) is 3.59. The molecule has 2 saturated carbocycles. The Kier molecular flexibility index (Phi) is 4.54. The van der Waals surface area contributed by atoms with Crippen LogP contribution in [-0.2, 0) is 9.59 Å². The molecule has 2 N–H and O–H groups in total. The van der Waals surface area contributed by atoms with Crippen LogP contribution in [0.5, 0.6) is 11.5 Å². The number of thioether (sulfide) groups is 1. The number of phenolic OH excluding ortho intramolecular Hbond substituents is 1. The van der Waals surface area contributed by atoms with Gasteiger partial charge < -0.3 is 14.8 Å². The number of nitrogens with zero attached hydrogens (tertiary/aromatic N) is 1. The summed E-state index contributed by atoms with van der Waals surface area (Å²) < 4.78 is 5.23. The second-order valence-electron chi connectivity index (χ2n) is 9.76. The summed E-state index contributed by atoms with van der Waals surface area (Å²) in [6, 6.07) is 14.2. The molecule has 2 amide bonds. The van der Waals surface area contributed by atoms with E-state index < -0.39 is 0 Å². The molecule has 2 bridgehead atoms. The van der Waals surface area contributed by atoms with Gasteiger partial charge in [-0.1, -0.05) is 23.5 Å². The molecule has 2 aliphatic carbocycles. The summed E-state index contributed by atoms with van der Waals surface area (Å²) in [7, 11) is 1.58. The monoisotopic (exact) mass is 506 g/mol. The number of ether oxygens (including phenoxy) is 1. The molecular weight excluding hydrogens is 484 g/mol. The maximum atomic E-state index is 13.7. The fourth-order valence-electron chi connectivity index (χ4n) is 7.06. The highest BCUT2D eigenvalue weighted by molar-refractivity contribution is 8.00. The molecule has 3 heterocycles. The Labute approximate surface area is 209 Å². The van der Waals surface area contributed by atoms with Crippen molar-refractivity contribution in [1.29, 1.82) is 0 Å². The number of H-pyrrole nitrogens is 1. The summed E-state index contributed by atoms with van der Waals surface area (Å²) in [4.78, 5) is 45.0. The number of hydrogen-bond donors (Lipinski definition) is 2. The van der Waals surface area contributed by atoms with E-state index in [-0.39, 0.29) is 63.2 Å². The van der Waals surface area contributed by atoms with Gasteiger partial charge in [0, 0.05) is 16.0 Å². The van der Waals surface area contributed by atoms with Crippen LogP contribution in [0.2, 0.25) is 0 Å². The van der Waals surface area contributed by atoms with Crippen LogP contribution in [0.4, 0.5) is 5.69 Å². The number of imide groups is 1. The first-order valence-electron chi connectivity index (χ1n) is 11.7. The molecule has 4 aliphatic rings. The zero-order valence-electron chi connectivity index (χ0n) is 18.7. The Morgan fingerprint density at radius 2 is 1.66 bits per heavy atom. The quantitative estimate of drug-likeness (QED) is 0.524. The summed E-state index contributed by atoms with van der Waals surface area (Å²) in [6.07, 6.45) is 0.847. The molecular formula is C26H22N2O5S2. The van der Waals surface area contributed by atoms with Gasteiger partial charge >= 0.3 is 4.87 Å². The van der Waals surface area contributed by atoms with Crippen molar-refractivity contribution in [2.75, 3.05) is 12.0 Å². The number of benzene rings is 2. The molecule has 0 spiro atoms. The van der Waals surface area contributed by atoms with Crippen LogP contribution >= 0.6 is 23.1 Å². The van der Waals surface area contributed by atoms with E-state index >= 15 is 0 Å². The maximum Gasteiger partial charge on any atom is 0.305 e. The van der Waals surface area contributed by atoms with Gasteiger partial charge in [0.2, 0.25) is 11.8 Å². The molecule has 7 nitrogen and oxygen atoms in total. The van der Waals surface area contributed by atoms with Gasteiger partial charge in [-0.25, -0.2) is 0 Å². The number of fused-ring (bicyclic) bond motifs is 9. The van der Waals surface area contributed by atoms with Crippen molar-refractivity contribution in [1.82, 2.24) is 4.98 Å². The lowest BCUT2D eigenvalue weighted by Crippen LogP contribution is -2.42. The molecule has 7 rings (SSSR count). The molecule has 0 unspecified atom stereocenters. The normalized spacial score (nSPS) is 32.5. The van der Waals surface area contributed by atoms with Crippen LogP contribution in [0, 0.1) is 29.6 Å². The van der Waals surface area contributed by atoms with Crippen LogP contribution < -0.4 is 14.5 Å². The first-order valence-corrected chi connectivity index (χ1v) is 13.4. The fraction of sp³-hybridized carbons (Fsp3) is 0.346. The number of nitrogens with one attached hydrogen (secondary N) is 1. The molecule has 35 heavy (non-hydrogen) atoms. The number of hydrogen-bond acceptors (Lipinski definition) is 7. The number of aromatic nitrogens is 1. The summed E-state index contributed by atoms with van der Waals surface area (Å²) >= 11 is 2.91. The highest BCUT2D eigenvalue weighted by atomic mass is 32.2. The number of phenols is 1. The van der Waals surface area contributed by atoms with Crippen molar-refractivity contribution < 1.29 is 19.4 Å². The summed E-state index contributed by atoms with van der Waals surface area (Å²) in [5, 5.41) is 10.9. The second kappa shape index (κ2) is 7.48. The maximum absolute atomic E-state index is 13.7. The number of methoxy groups -OCH3 is 1. The summed E-state index contributed by atoms with van der Waals surface area (Å²) in [6.45, 7) is 0. The summed E-state index contributed by atoms with van der Waals surface area (Å²) in [5.41, 5.74) is 1.62. The van der Waals surface area contributed by atoms with Crippen molar-refractivity contribution in [3.05, 3.63) is 68.6 Å². The number of rotatable bonds is 3. The third kappa shape index (κ3) is 2.88. The highest BCUT2D eigenvalue weighted by Gasteiger charge is 2.69. The lowest BCUT2D eigenvalue weighted by atomic mass is 9.68. The van der Waals surface area contributed by atoms with Gasteiger partial charge in [-0.15, -0.1) is 11.8 Å². The zero-order valence-corrected chi connectivity index (χ0v) is 20.3. The number of anilines is 1. The molecule has 7 atom stereocenters. The van der Waals surface area contributed by atoms with Gasteiger partial charge in [-0.05, 0) is 66.1 Å². The van der Waals surface area contributed by atoms with E-state index in [1.54, 1.807) is 55.3 Å². The van der Waals surface area contributed by atoms with Crippen LogP contribution in [-0.4, -0.2) is 34.3 Å². The summed E-state index contributed by atoms with van der Waals surface area (Å²) in [5.74, 6) is 0.217. The third-order valence-corrected chi connectivity index (χ3v) is 10.9. The Hall–Kier alpha value is -3.04. The first kappa shape index (κ1) is 21.3. The van der Waals surface area contributed by atoms with Gasteiger partial charge in [0.25, 0.3) is 0 Å². The molecule has 178 valence electrons. The number of thiazole rings is 1. The first-order chi connectivity index (χ1) is 17.0. The van der Waals surface area contributed by atoms with Gasteiger partial charge in [0.05, 0.1) is 29.7 Å². The predicted octanol–water partition coefficient (Wildman–Crippen LogP) is 3.83. The number of carbonyl (C=O) groups is 2. The van der Waals surface area contributed by atoms with Crippen LogP contribution in [0.3, 0.4) is 0 Å². The second-order valence-corrected chi connectivity index (χ2v) is 12.0. The smallest absolute Gasteiger partial charge is 0.305 e. The Morgan fingerprint density at radius 3 is 2.34 bits per heavy atom. The highest BCUT2D eigenvalue weighted by Crippen LogP contribution is 2.68. The lowest BCUT2D eigenvalue weighted by molar-refractivity contribution is -0.123. The molecule has 9 heteroatoms. The topological polar surface area (TPSA) is 99.7 Å². The van der Waals surface area contributed by atoms with Crippen LogP contribution in [0.15, 0.2) is 58.4 Å². The Bertz CT molecular complexity index is 1410. The Balaban J connectivity index is 1.30. The van der Waals surface area contributed by atoms with Crippen molar-refractivity contribution in [3.63, 3.8) is 0 Å². The van der Waals surface area contributed by atoms with E-state index in [0.29, 0.717) is 11.4 Å². The van der Waals surface area contributed by atoms with Gasteiger partial charge in [-0.2, -0.15) is 0 Å². The van der Waals surface area contributed by atoms with Crippen LogP contribution in [0.25, 0.3) is 0 Å². The molecule has 2 aliphatic heterocycles. The number of carbonyl (C=O) groups excluding carboxylic acids is 2. The minimum Gasteiger partial charge on any atom is -0.508 e. The zero-order chi connectivity index (χ0) is 24.0. The van der Waals surface area contributed by atoms with Crippen LogP contribution in [0.1, 0.15) is 22.8 Å². The fourth-order valence-corrected chi connectivity index (χ4v) is 9.95. The van der Waals surface area contributed by atoms with Gasteiger partial charge in [0.1, 0.15) is 11.5 Å². The average molecular weight is 507 g/mol. The van der Waals surface area contributed by atoms with E-state index in [1.807, 2.05) is 12.1 Å². The van der Waals surface area contributed by atoms with Gasteiger partial charge in [0.15, 0.2) is 0 Å².